The molecule has 0 saturated heterocycles. The lowest BCUT2D eigenvalue weighted by atomic mass is 10.1. The van der Waals surface area contributed by atoms with Crippen molar-refractivity contribution in [2.24, 2.45) is 5.92 Å². The van der Waals surface area contributed by atoms with E-state index < -0.39 is 10.0 Å². The molecule has 0 atom stereocenters. The monoisotopic (exact) mass is 376 g/mol. The Morgan fingerprint density at radius 3 is 2.48 bits per heavy atom. The van der Waals surface area contributed by atoms with Crippen molar-refractivity contribution >= 4 is 37.5 Å². The van der Waals surface area contributed by atoms with Crippen LogP contribution in [0.4, 0.5) is 5.69 Å². The van der Waals surface area contributed by atoms with Crippen molar-refractivity contribution in [2.75, 3.05) is 24.7 Å². The number of rotatable bonds is 7. The number of nitrogens with zero attached hydrogens (tertiary/aromatic N) is 1. The number of hydrogen-bond donors (Lipinski definition) is 1. The highest BCUT2D eigenvalue weighted by Crippen LogP contribution is 2.21. The van der Waals surface area contributed by atoms with Crippen LogP contribution in [0.2, 0.25) is 0 Å². The summed E-state index contributed by atoms with van der Waals surface area (Å²) in [5.74, 6) is 0.0247. The molecule has 0 saturated carbocycles. The molecule has 0 radical (unpaired) electrons. The molecular formula is C14H21BrN2O3S. The standard InChI is InChI=1S/C14H21BrN2O3S/c1-11(2)8-9-17(21(3,19)20)10-14(18)16-13-7-5-4-6-12(13)15/h4-7,11H,8-10H2,1-3H3,(H,16,18). The Morgan fingerprint density at radius 2 is 1.95 bits per heavy atom. The van der Waals surface area contributed by atoms with Crippen molar-refractivity contribution in [3.8, 4) is 0 Å². The van der Waals surface area contributed by atoms with Crippen LogP contribution < -0.4 is 5.32 Å². The van der Waals surface area contributed by atoms with E-state index in [0.29, 0.717) is 18.2 Å². The molecule has 0 bridgehead atoms. The van der Waals surface area contributed by atoms with Crippen molar-refractivity contribution < 1.29 is 13.2 Å². The maximum Gasteiger partial charge on any atom is 0.239 e. The van der Waals surface area contributed by atoms with Crippen molar-refractivity contribution in [2.45, 2.75) is 20.3 Å². The van der Waals surface area contributed by atoms with Gasteiger partial charge in [-0.1, -0.05) is 26.0 Å². The van der Waals surface area contributed by atoms with Gasteiger partial charge in [0.05, 0.1) is 18.5 Å². The summed E-state index contributed by atoms with van der Waals surface area (Å²) in [6.07, 6.45) is 1.84. The van der Waals surface area contributed by atoms with Gasteiger partial charge in [-0.15, -0.1) is 0 Å². The molecule has 0 aliphatic carbocycles. The van der Waals surface area contributed by atoms with Crippen LogP contribution in [0.5, 0.6) is 0 Å². The SMILES string of the molecule is CC(C)CCN(CC(=O)Nc1ccccc1Br)S(C)(=O)=O. The van der Waals surface area contributed by atoms with Gasteiger partial charge < -0.3 is 5.32 Å². The fraction of sp³-hybridized carbons (Fsp3) is 0.500. The number of carbonyl (C=O) groups is 1. The number of anilines is 1. The maximum atomic E-state index is 12.0. The summed E-state index contributed by atoms with van der Waals surface area (Å²) < 4.78 is 25.4. The largest absolute Gasteiger partial charge is 0.324 e. The predicted octanol–water partition coefficient (Wildman–Crippen LogP) is 2.70. The molecule has 1 amide bonds. The summed E-state index contributed by atoms with van der Waals surface area (Å²) in [6.45, 7) is 4.20. The average Bonchev–Trinajstić information content (AvgIpc) is 2.35. The maximum absolute atomic E-state index is 12.0. The molecule has 1 rings (SSSR count). The summed E-state index contributed by atoms with van der Waals surface area (Å²) in [6, 6.07) is 7.20. The van der Waals surface area contributed by atoms with Crippen LogP contribution in [-0.4, -0.2) is 38.0 Å². The first kappa shape index (κ1) is 18.1. The van der Waals surface area contributed by atoms with E-state index in [1.807, 2.05) is 26.0 Å². The normalized spacial score (nSPS) is 11.9. The Bertz CT molecular complexity index is 588. The van der Waals surface area contributed by atoms with E-state index >= 15 is 0 Å². The number of para-hydroxylation sites is 1. The lowest BCUT2D eigenvalue weighted by Gasteiger charge is -2.20. The Balaban J connectivity index is 2.70. The van der Waals surface area contributed by atoms with Gasteiger partial charge in [-0.25, -0.2) is 8.42 Å². The minimum atomic E-state index is -3.40. The average molecular weight is 377 g/mol. The van der Waals surface area contributed by atoms with E-state index in [2.05, 4.69) is 21.2 Å². The summed E-state index contributed by atoms with van der Waals surface area (Å²) in [7, 11) is -3.40. The number of carbonyl (C=O) groups excluding carboxylic acids is 1. The van der Waals surface area contributed by atoms with Crippen LogP contribution in [-0.2, 0) is 14.8 Å². The van der Waals surface area contributed by atoms with E-state index in [9.17, 15) is 13.2 Å². The van der Waals surface area contributed by atoms with Crippen LogP contribution in [0.15, 0.2) is 28.7 Å². The first-order valence-electron chi connectivity index (χ1n) is 6.69. The molecule has 0 heterocycles. The number of hydrogen-bond acceptors (Lipinski definition) is 3. The van der Waals surface area contributed by atoms with E-state index in [1.54, 1.807) is 12.1 Å². The van der Waals surface area contributed by atoms with Crippen molar-refractivity contribution in [1.29, 1.82) is 0 Å². The summed E-state index contributed by atoms with van der Waals surface area (Å²) in [5.41, 5.74) is 0.625. The molecule has 0 fully saturated rings. The smallest absolute Gasteiger partial charge is 0.239 e. The number of halogens is 1. The van der Waals surface area contributed by atoms with Gasteiger partial charge in [0.25, 0.3) is 0 Å². The number of benzene rings is 1. The molecule has 0 aliphatic heterocycles. The first-order valence-corrected chi connectivity index (χ1v) is 9.33. The summed E-state index contributed by atoms with van der Waals surface area (Å²) in [4.78, 5) is 12.0. The number of amides is 1. The van der Waals surface area contributed by atoms with Crippen LogP contribution in [0.3, 0.4) is 0 Å². The Hall–Kier alpha value is -0.920. The van der Waals surface area contributed by atoms with E-state index in [1.165, 1.54) is 4.31 Å². The molecule has 0 unspecified atom stereocenters. The highest BCUT2D eigenvalue weighted by atomic mass is 79.9. The molecular weight excluding hydrogens is 356 g/mol. The molecule has 21 heavy (non-hydrogen) atoms. The van der Waals surface area contributed by atoms with Gasteiger partial charge in [-0.05, 0) is 40.4 Å². The fourth-order valence-electron chi connectivity index (χ4n) is 1.68. The highest BCUT2D eigenvalue weighted by molar-refractivity contribution is 9.10. The third kappa shape index (κ3) is 6.58. The third-order valence-corrected chi connectivity index (χ3v) is 4.83. The van der Waals surface area contributed by atoms with Crippen LogP contribution in [0, 0.1) is 5.92 Å². The zero-order valence-corrected chi connectivity index (χ0v) is 14.9. The van der Waals surface area contributed by atoms with Crippen LogP contribution >= 0.6 is 15.9 Å². The number of sulfonamides is 1. The second kappa shape index (κ2) is 7.91. The molecule has 1 aromatic rings. The quantitative estimate of drug-likeness (QED) is 0.795. The lowest BCUT2D eigenvalue weighted by Crippen LogP contribution is -2.38. The van der Waals surface area contributed by atoms with Gasteiger partial charge in [0.2, 0.25) is 15.9 Å². The van der Waals surface area contributed by atoms with Crippen molar-refractivity contribution in [3.05, 3.63) is 28.7 Å². The highest BCUT2D eigenvalue weighted by Gasteiger charge is 2.20. The minimum absolute atomic E-state index is 0.174. The van der Waals surface area contributed by atoms with Crippen molar-refractivity contribution in [1.82, 2.24) is 4.31 Å². The third-order valence-electron chi connectivity index (χ3n) is 2.89. The minimum Gasteiger partial charge on any atom is -0.324 e. The molecule has 0 spiro atoms. The molecule has 0 aromatic heterocycles. The molecule has 1 aromatic carbocycles. The number of nitrogens with one attached hydrogen (secondary N) is 1. The Kier molecular flexibility index (Phi) is 6.83. The predicted molar refractivity (Wildman–Crippen MR) is 88.6 cm³/mol. The first-order chi connectivity index (χ1) is 9.70. The van der Waals surface area contributed by atoms with Crippen molar-refractivity contribution in [3.63, 3.8) is 0 Å². The Morgan fingerprint density at radius 1 is 1.33 bits per heavy atom. The molecule has 5 nitrogen and oxygen atoms in total. The summed E-state index contributed by atoms with van der Waals surface area (Å²) >= 11 is 3.33. The lowest BCUT2D eigenvalue weighted by molar-refractivity contribution is -0.116. The molecule has 1 N–H and O–H groups in total. The topological polar surface area (TPSA) is 66.5 Å². The zero-order chi connectivity index (χ0) is 16.0. The van der Waals surface area contributed by atoms with E-state index in [4.69, 9.17) is 0 Å². The second-order valence-electron chi connectivity index (χ2n) is 5.31. The van der Waals surface area contributed by atoms with Crippen LogP contribution in [0.25, 0.3) is 0 Å². The van der Waals surface area contributed by atoms with E-state index in [-0.39, 0.29) is 12.5 Å². The second-order valence-corrected chi connectivity index (χ2v) is 8.14. The molecule has 0 aliphatic rings. The van der Waals surface area contributed by atoms with E-state index in [0.717, 1.165) is 17.1 Å². The zero-order valence-electron chi connectivity index (χ0n) is 12.5. The fourth-order valence-corrected chi connectivity index (χ4v) is 2.85. The van der Waals surface area contributed by atoms with Crippen LogP contribution in [0.1, 0.15) is 20.3 Å². The van der Waals surface area contributed by atoms with Gasteiger partial charge in [0.15, 0.2) is 0 Å². The molecule has 118 valence electrons. The van der Waals surface area contributed by atoms with Gasteiger partial charge in [-0.2, -0.15) is 4.31 Å². The Labute approximate surface area is 134 Å². The van der Waals surface area contributed by atoms with Gasteiger partial charge in [0, 0.05) is 11.0 Å². The van der Waals surface area contributed by atoms with Gasteiger partial charge >= 0.3 is 0 Å². The summed E-state index contributed by atoms with van der Waals surface area (Å²) in [5, 5.41) is 2.71. The van der Waals surface area contributed by atoms with Gasteiger partial charge in [0.1, 0.15) is 0 Å². The van der Waals surface area contributed by atoms with Gasteiger partial charge in [-0.3, -0.25) is 4.79 Å². The molecule has 7 heteroatoms.